The fourth-order valence-electron chi connectivity index (χ4n) is 3.62. The van der Waals surface area contributed by atoms with E-state index >= 15 is 0 Å². The largest absolute Gasteiger partial charge is 0.491 e. The highest BCUT2D eigenvalue weighted by molar-refractivity contribution is 5.85. The fourth-order valence-corrected chi connectivity index (χ4v) is 3.62. The van der Waals surface area contributed by atoms with Crippen LogP contribution in [0.15, 0.2) is 48.5 Å². The highest BCUT2D eigenvalue weighted by atomic mass is 35.5. The van der Waals surface area contributed by atoms with E-state index in [1.54, 1.807) is 6.92 Å². The number of aliphatic hydroxyl groups excluding tert-OH is 1. The molecule has 2 aromatic carbocycles. The van der Waals surface area contributed by atoms with Gasteiger partial charge >= 0.3 is 5.97 Å². The summed E-state index contributed by atoms with van der Waals surface area (Å²) in [6, 6.07) is 15.8. The minimum atomic E-state index is -0.577. The summed E-state index contributed by atoms with van der Waals surface area (Å²) in [6.45, 7) is 2.78. The molecule has 2 aromatic rings. The predicted molar refractivity (Wildman–Crippen MR) is 122 cm³/mol. The maximum atomic E-state index is 11.5. The third kappa shape index (κ3) is 8.40. The first-order valence-corrected chi connectivity index (χ1v) is 10.6. The molecule has 2 atom stereocenters. The zero-order valence-corrected chi connectivity index (χ0v) is 18.7. The Balaban J connectivity index is 0.00000341. The molecule has 0 spiro atoms. The lowest BCUT2D eigenvalue weighted by molar-refractivity contribution is -0.145. The van der Waals surface area contributed by atoms with Gasteiger partial charge in [-0.1, -0.05) is 24.3 Å². The Bertz CT molecular complexity index is 802. The molecule has 6 nitrogen and oxygen atoms in total. The molecule has 0 bridgehead atoms. The van der Waals surface area contributed by atoms with Gasteiger partial charge in [0.25, 0.3) is 0 Å². The van der Waals surface area contributed by atoms with Gasteiger partial charge in [-0.2, -0.15) is 0 Å². The molecule has 170 valence electrons. The number of benzene rings is 2. The summed E-state index contributed by atoms with van der Waals surface area (Å²) in [5.41, 5.74) is 2.54. The minimum absolute atomic E-state index is 0. The smallest absolute Gasteiger partial charge is 0.344 e. The van der Waals surface area contributed by atoms with E-state index in [9.17, 15) is 9.90 Å². The Hall–Kier alpha value is -2.28. The third-order valence-electron chi connectivity index (χ3n) is 5.13. The van der Waals surface area contributed by atoms with E-state index in [-0.39, 0.29) is 37.6 Å². The second-order valence-corrected chi connectivity index (χ2v) is 7.50. The van der Waals surface area contributed by atoms with Crippen molar-refractivity contribution in [1.29, 1.82) is 0 Å². The number of halogens is 1. The number of carbonyl (C=O) groups is 1. The van der Waals surface area contributed by atoms with Crippen molar-refractivity contribution in [3.05, 3.63) is 59.7 Å². The molecule has 0 aromatic heterocycles. The molecule has 7 heteroatoms. The van der Waals surface area contributed by atoms with Gasteiger partial charge in [0.15, 0.2) is 6.61 Å². The molecule has 3 rings (SSSR count). The van der Waals surface area contributed by atoms with Crippen LogP contribution < -0.4 is 14.8 Å². The zero-order chi connectivity index (χ0) is 21.2. The molecule has 0 fully saturated rings. The summed E-state index contributed by atoms with van der Waals surface area (Å²) in [5, 5.41) is 13.7. The van der Waals surface area contributed by atoms with Crippen molar-refractivity contribution in [3.63, 3.8) is 0 Å². The van der Waals surface area contributed by atoms with Crippen molar-refractivity contribution in [2.45, 2.75) is 44.8 Å². The highest BCUT2D eigenvalue weighted by Gasteiger charge is 2.18. The second-order valence-electron chi connectivity index (χ2n) is 7.50. The Morgan fingerprint density at radius 3 is 2.71 bits per heavy atom. The summed E-state index contributed by atoms with van der Waals surface area (Å²) in [6.07, 6.45) is 3.43. The van der Waals surface area contributed by atoms with E-state index in [0.29, 0.717) is 18.9 Å². The van der Waals surface area contributed by atoms with E-state index in [1.807, 2.05) is 42.5 Å². The lowest BCUT2D eigenvalue weighted by Crippen LogP contribution is -2.39. The first kappa shape index (κ1) is 25.0. The lowest BCUT2D eigenvalue weighted by Gasteiger charge is -2.20. The van der Waals surface area contributed by atoms with Crippen LogP contribution in [-0.2, 0) is 22.4 Å². The number of para-hydroxylation sites is 1. The van der Waals surface area contributed by atoms with Gasteiger partial charge in [-0.25, -0.2) is 4.79 Å². The Kier molecular flexibility index (Phi) is 10.6. The Labute approximate surface area is 190 Å². The number of aryl methyl sites for hydroxylation is 1. The number of ether oxygens (including phenoxy) is 3. The van der Waals surface area contributed by atoms with Gasteiger partial charge in [-0.05, 0) is 68.0 Å². The van der Waals surface area contributed by atoms with E-state index in [0.717, 1.165) is 31.4 Å². The number of hydrogen-bond donors (Lipinski definition) is 2. The normalized spacial score (nSPS) is 16.3. The number of fused-ring (bicyclic) bond motifs is 1. The molecule has 0 radical (unpaired) electrons. The first-order valence-electron chi connectivity index (χ1n) is 10.6. The molecular formula is C24H32ClNO5. The van der Waals surface area contributed by atoms with E-state index in [2.05, 4.69) is 11.4 Å². The van der Waals surface area contributed by atoms with Crippen LogP contribution in [0.4, 0.5) is 0 Å². The topological polar surface area (TPSA) is 77.0 Å². The van der Waals surface area contributed by atoms with Crippen LogP contribution in [-0.4, -0.2) is 49.6 Å². The molecule has 0 amide bonds. The number of rotatable bonds is 10. The monoisotopic (exact) mass is 449 g/mol. The molecular weight excluding hydrogens is 418 g/mol. The average molecular weight is 450 g/mol. The molecule has 31 heavy (non-hydrogen) atoms. The van der Waals surface area contributed by atoms with Gasteiger partial charge in [0.1, 0.15) is 24.2 Å². The zero-order valence-electron chi connectivity index (χ0n) is 17.9. The third-order valence-corrected chi connectivity index (χ3v) is 5.13. The second kappa shape index (κ2) is 13.2. The van der Waals surface area contributed by atoms with Gasteiger partial charge in [0.2, 0.25) is 0 Å². The molecule has 1 aliphatic carbocycles. The SMILES string of the molecule is CCOC(=O)COc1ccc2c(c1)C[C@@H](NC[C@H](O)COc1ccccc1)CCC2.Cl. The van der Waals surface area contributed by atoms with Crippen molar-refractivity contribution in [1.82, 2.24) is 5.32 Å². The molecule has 0 unspecified atom stereocenters. The lowest BCUT2D eigenvalue weighted by atomic mass is 10.0. The van der Waals surface area contributed by atoms with Crippen molar-refractivity contribution < 1.29 is 24.1 Å². The van der Waals surface area contributed by atoms with Gasteiger partial charge in [0, 0.05) is 12.6 Å². The number of nitrogens with one attached hydrogen (secondary N) is 1. The standard InChI is InChI=1S/C24H31NO5.ClH/c1-2-28-24(27)17-30-23-12-11-18-7-6-8-20(13-19(18)14-23)25-15-21(26)16-29-22-9-4-3-5-10-22;/h3-5,9-12,14,20-21,25-26H,2,6-8,13,15-17H2,1H3;1H/t20-,21-;/m0./s1. The van der Waals surface area contributed by atoms with Crippen molar-refractivity contribution in [2.75, 3.05) is 26.4 Å². The van der Waals surface area contributed by atoms with Crippen LogP contribution in [0.5, 0.6) is 11.5 Å². The maximum absolute atomic E-state index is 11.5. The van der Waals surface area contributed by atoms with E-state index in [1.165, 1.54) is 11.1 Å². The van der Waals surface area contributed by atoms with E-state index in [4.69, 9.17) is 14.2 Å². The number of esters is 1. The maximum Gasteiger partial charge on any atom is 0.344 e. The Morgan fingerprint density at radius 2 is 1.94 bits per heavy atom. The summed E-state index contributed by atoms with van der Waals surface area (Å²) in [5.74, 6) is 1.08. The van der Waals surface area contributed by atoms with Gasteiger partial charge in [-0.15, -0.1) is 12.4 Å². The minimum Gasteiger partial charge on any atom is -0.491 e. The molecule has 0 saturated carbocycles. The van der Waals surface area contributed by atoms with Crippen LogP contribution in [0.1, 0.15) is 30.9 Å². The van der Waals surface area contributed by atoms with Gasteiger partial charge in [-0.3, -0.25) is 0 Å². The number of carbonyl (C=O) groups excluding carboxylic acids is 1. The Morgan fingerprint density at radius 1 is 1.13 bits per heavy atom. The number of hydrogen-bond acceptors (Lipinski definition) is 6. The molecule has 0 aliphatic heterocycles. The van der Waals surface area contributed by atoms with Crippen LogP contribution in [0, 0.1) is 0 Å². The van der Waals surface area contributed by atoms with Crippen molar-refractivity contribution in [2.24, 2.45) is 0 Å². The van der Waals surface area contributed by atoms with Crippen molar-refractivity contribution in [3.8, 4) is 11.5 Å². The molecule has 0 heterocycles. The van der Waals surface area contributed by atoms with Crippen LogP contribution in [0.25, 0.3) is 0 Å². The fraction of sp³-hybridized carbons (Fsp3) is 0.458. The van der Waals surface area contributed by atoms with Crippen LogP contribution in [0.3, 0.4) is 0 Å². The first-order chi connectivity index (χ1) is 14.6. The highest BCUT2D eigenvalue weighted by Crippen LogP contribution is 2.25. The summed E-state index contributed by atoms with van der Waals surface area (Å²) in [7, 11) is 0. The summed E-state index contributed by atoms with van der Waals surface area (Å²) < 4.78 is 16.1. The van der Waals surface area contributed by atoms with Crippen LogP contribution >= 0.6 is 12.4 Å². The van der Waals surface area contributed by atoms with Gasteiger partial charge in [0.05, 0.1) is 6.61 Å². The predicted octanol–water partition coefficient (Wildman–Crippen LogP) is 3.33. The summed E-state index contributed by atoms with van der Waals surface area (Å²) in [4.78, 5) is 11.5. The van der Waals surface area contributed by atoms with Crippen molar-refractivity contribution >= 4 is 18.4 Å². The van der Waals surface area contributed by atoms with Crippen LogP contribution in [0.2, 0.25) is 0 Å². The quantitative estimate of drug-likeness (QED) is 0.428. The molecule has 2 N–H and O–H groups in total. The summed E-state index contributed by atoms with van der Waals surface area (Å²) >= 11 is 0. The number of aliphatic hydroxyl groups is 1. The average Bonchev–Trinajstić information content (AvgIpc) is 2.97. The molecule has 1 aliphatic rings. The van der Waals surface area contributed by atoms with Gasteiger partial charge < -0.3 is 24.6 Å². The molecule has 0 saturated heterocycles. The van der Waals surface area contributed by atoms with E-state index < -0.39 is 6.10 Å².